The highest BCUT2D eigenvalue weighted by Crippen LogP contribution is 2.28. The first-order chi connectivity index (χ1) is 17.5. The molecule has 194 valence electrons. The van der Waals surface area contributed by atoms with Crippen molar-refractivity contribution >= 4 is 32.8 Å². The monoisotopic (exact) mass is 522 g/mol. The third-order valence-corrected chi connectivity index (χ3v) is 7.80. The summed E-state index contributed by atoms with van der Waals surface area (Å²) >= 11 is 0. The highest BCUT2D eigenvalue weighted by molar-refractivity contribution is 7.90. The van der Waals surface area contributed by atoms with Gasteiger partial charge in [-0.25, -0.2) is 17.2 Å². The van der Waals surface area contributed by atoms with Gasteiger partial charge in [-0.2, -0.15) is 5.26 Å². The molecule has 1 fully saturated rings. The van der Waals surface area contributed by atoms with E-state index in [1.165, 1.54) is 12.1 Å². The summed E-state index contributed by atoms with van der Waals surface area (Å²) in [5.74, 6) is -0.557. The molecule has 0 spiro atoms. The van der Waals surface area contributed by atoms with E-state index in [9.17, 15) is 18.0 Å². The first-order valence-corrected chi connectivity index (χ1v) is 13.5. The summed E-state index contributed by atoms with van der Waals surface area (Å²) < 4.78 is 33.5. The van der Waals surface area contributed by atoms with Crippen molar-refractivity contribution < 1.29 is 22.7 Å². The smallest absolute Gasteiger partial charge is 0.410 e. The summed E-state index contributed by atoms with van der Waals surface area (Å²) in [7, 11) is -4.06. The van der Waals surface area contributed by atoms with Crippen LogP contribution in [0.2, 0.25) is 0 Å². The van der Waals surface area contributed by atoms with E-state index >= 15 is 0 Å². The summed E-state index contributed by atoms with van der Waals surface area (Å²) in [5, 5.41) is 9.65. The van der Waals surface area contributed by atoms with E-state index in [1.807, 2.05) is 39.0 Å². The van der Waals surface area contributed by atoms with Crippen LogP contribution in [-0.2, 0) is 21.3 Å². The number of Topliss-reactive ketones (excluding diaryl/α,β-unsaturated/α-hetero) is 1. The first-order valence-electron chi connectivity index (χ1n) is 12.0. The largest absolute Gasteiger partial charge is 0.444 e. The van der Waals surface area contributed by atoms with Crippen molar-refractivity contribution in [1.29, 1.82) is 5.26 Å². The lowest BCUT2D eigenvalue weighted by atomic mass is 10.1. The molecule has 9 nitrogen and oxygen atoms in total. The minimum atomic E-state index is -4.06. The summed E-state index contributed by atoms with van der Waals surface area (Å²) in [6.45, 7) is 8.58. The molecule has 0 aliphatic carbocycles. The van der Waals surface area contributed by atoms with Gasteiger partial charge in [0.05, 0.1) is 16.5 Å². The van der Waals surface area contributed by atoms with Crippen molar-refractivity contribution in [2.45, 2.75) is 44.2 Å². The number of nitrogens with zero attached hydrogens (tertiary/aromatic N) is 4. The van der Waals surface area contributed by atoms with Gasteiger partial charge >= 0.3 is 6.09 Å². The van der Waals surface area contributed by atoms with Crippen molar-refractivity contribution in [3.8, 4) is 6.07 Å². The number of nitriles is 1. The zero-order chi connectivity index (χ0) is 26.8. The van der Waals surface area contributed by atoms with Gasteiger partial charge in [0.25, 0.3) is 10.0 Å². The SMILES string of the molecule is CC(C)(C)OC(=O)N1CCN(Cc2ccc3c(c2)cc(C(=O)CC#N)n3S(=O)(=O)c2ccccc2)CC1. The Morgan fingerprint density at radius 3 is 2.30 bits per heavy atom. The summed E-state index contributed by atoms with van der Waals surface area (Å²) in [6, 6.07) is 16.7. The van der Waals surface area contributed by atoms with Crippen molar-refractivity contribution in [3.63, 3.8) is 0 Å². The van der Waals surface area contributed by atoms with Gasteiger partial charge in [0.15, 0.2) is 5.78 Å². The molecule has 37 heavy (non-hydrogen) atoms. The maximum Gasteiger partial charge on any atom is 0.410 e. The minimum Gasteiger partial charge on any atom is -0.444 e. The lowest BCUT2D eigenvalue weighted by molar-refractivity contribution is 0.0139. The molecule has 10 heteroatoms. The van der Waals surface area contributed by atoms with E-state index in [-0.39, 0.29) is 16.7 Å². The van der Waals surface area contributed by atoms with Gasteiger partial charge in [0.1, 0.15) is 17.7 Å². The average molecular weight is 523 g/mol. The Morgan fingerprint density at radius 1 is 1.00 bits per heavy atom. The van der Waals surface area contributed by atoms with Gasteiger partial charge in [0, 0.05) is 38.1 Å². The van der Waals surface area contributed by atoms with Crippen LogP contribution in [0.1, 0.15) is 43.2 Å². The third kappa shape index (κ3) is 5.84. The number of aromatic nitrogens is 1. The fraction of sp³-hybridized carbons (Fsp3) is 0.370. The van der Waals surface area contributed by atoms with Crippen LogP contribution in [0.3, 0.4) is 0 Å². The number of hydrogen-bond donors (Lipinski definition) is 0. The molecule has 3 aromatic rings. The Morgan fingerprint density at radius 2 is 1.68 bits per heavy atom. The first kappa shape index (κ1) is 26.4. The number of benzene rings is 2. The van der Waals surface area contributed by atoms with Gasteiger partial charge in [-0.05, 0) is 56.7 Å². The lowest BCUT2D eigenvalue weighted by Crippen LogP contribution is -2.49. The second-order valence-electron chi connectivity index (χ2n) is 10.0. The fourth-order valence-corrected chi connectivity index (χ4v) is 5.88. The molecule has 4 rings (SSSR count). The van der Waals surface area contributed by atoms with E-state index in [0.29, 0.717) is 43.6 Å². The van der Waals surface area contributed by atoms with Crippen LogP contribution in [0, 0.1) is 11.3 Å². The molecular weight excluding hydrogens is 492 g/mol. The molecule has 1 amide bonds. The second kappa shape index (κ2) is 10.4. The number of carbonyl (C=O) groups excluding carboxylic acids is 2. The Hall–Kier alpha value is -3.68. The minimum absolute atomic E-state index is 0.0384. The molecule has 1 aliphatic heterocycles. The van der Waals surface area contributed by atoms with Crippen LogP contribution in [-0.4, -0.2) is 65.8 Å². The van der Waals surface area contributed by atoms with Crippen molar-refractivity contribution in [2.24, 2.45) is 0 Å². The van der Waals surface area contributed by atoms with Crippen LogP contribution >= 0.6 is 0 Å². The number of ketones is 1. The zero-order valence-corrected chi connectivity index (χ0v) is 22.0. The van der Waals surface area contributed by atoms with Gasteiger partial charge in [-0.1, -0.05) is 24.3 Å². The number of carbonyl (C=O) groups is 2. The zero-order valence-electron chi connectivity index (χ0n) is 21.2. The lowest BCUT2D eigenvalue weighted by Gasteiger charge is -2.35. The predicted octanol–water partition coefficient (Wildman–Crippen LogP) is 4.03. The molecule has 0 unspecified atom stereocenters. The molecule has 2 heterocycles. The summed E-state index contributed by atoms with van der Waals surface area (Å²) in [5.41, 5.74) is 0.750. The highest BCUT2D eigenvalue weighted by atomic mass is 32.2. The van der Waals surface area contributed by atoms with Crippen molar-refractivity contribution in [1.82, 2.24) is 13.8 Å². The third-order valence-electron chi connectivity index (χ3n) is 6.06. The van der Waals surface area contributed by atoms with Crippen LogP contribution in [0.15, 0.2) is 59.5 Å². The Bertz CT molecular complexity index is 1460. The maximum atomic E-state index is 13.5. The number of amides is 1. The number of ether oxygens (including phenoxy) is 1. The standard InChI is InChI=1S/C27H30N4O5S/c1-27(2,3)36-26(33)30-15-13-29(14-16-30)19-20-9-10-23-21(17-20)18-24(25(32)11-12-28)31(23)37(34,35)22-7-5-4-6-8-22/h4-10,17-18H,11,13-16,19H2,1-3H3. The van der Waals surface area contributed by atoms with E-state index in [2.05, 4.69) is 4.90 Å². The van der Waals surface area contributed by atoms with Crippen molar-refractivity contribution in [3.05, 3.63) is 65.9 Å². The quantitative estimate of drug-likeness (QED) is 0.449. The highest BCUT2D eigenvalue weighted by Gasteiger charge is 2.28. The van der Waals surface area contributed by atoms with Gasteiger partial charge in [0.2, 0.25) is 0 Å². The molecule has 0 saturated carbocycles. The van der Waals surface area contributed by atoms with Gasteiger partial charge in [-0.3, -0.25) is 9.69 Å². The molecule has 0 N–H and O–H groups in total. The normalized spacial score (nSPS) is 14.9. The van der Waals surface area contributed by atoms with Crippen LogP contribution < -0.4 is 0 Å². The predicted molar refractivity (Wildman–Crippen MR) is 139 cm³/mol. The fourth-order valence-electron chi connectivity index (χ4n) is 4.32. The molecule has 0 bridgehead atoms. The topological polar surface area (TPSA) is 113 Å². The van der Waals surface area contributed by atoms with Crippen molar-refractivity contribution in [2.75, 3.05) is 26.2 Å². The van der Waals surface area contributed by atoms with Gasteiger partial charge < -0.3 is 9.64 Å². The van der Waals surface area contributed by atoms with E-state index in [0.717, 1.165) is 9.54 Å². The van der Waals surface area contributed by atoms with Crippen LogP contribution in [0.4, 0.5) is 4.79 Å². The molecule has 1 aliphatic rings. The molecule has 1 aromatic heterocycles. The number of hydrogen-bond acceptors (Lipinski definition) is 7. The molecular formula is C27H30N4O5S. The van der Waals surface area contributed by atoms with E-state index in [4.69, 9.17) is 10.00 Å². The number of rotatable bonds is 6. The second-order valence-corrected chi connectivity index (χ2v) is 11.8. The number of piperazine rings is 1. The Balaban J connectivity index is 1.58. The van der Waals surface area contributed by atoms with Crippen LogP contribution in [0.5, 0.6) is 0 Å². The van der Waals surface area contributed by atoms with E-state index < -0.39 is 27.8 Å². The van der Waals surface area contributed by atoms with Crippen LogP contribution in [0.25, 0.3) is 10.9 Å². The Labute approximate surface area is 216 Å². The maximum absolute atomic E-state index is 13.5. The summed E-state index contributed by atoms with van der Waals surface area (Å²) in [6.07, 6.45) is -0.737. The van der Waals surface area contributed by atoms with E-state index in [1.54, 1.807) is 35.2 Å². The van der Waals surface area contributed by atoms with Gasteiger partial charge in [-0.15, -0.1) is 0 Å². The Kier molecular flexibility index (Phi) is 7.39. The molecule has 0 atom stereocenters. The molecule has 0 radical (unpaired) electrons. The molecule has 1 saturated heterocycles. The average Bonchev–Trinajstić information content (AvgIpc) is 3.24. The summed E-state index contributed by atoms with van der Waals surface area (Å²) in [4.78, 5) is 29.0. The number of fused-ring (bicyclic) bond motifs is 1. The molecule has 2 aromatic carbocycles.